The van der Waals surface area contributed by atoms with E-state index in [0.29, 0.717) is 16.9 Å². The Kier molecular flexibility index (Phi) is 3.42. The molecule has 2 heteroatoms. The first kappa shape index (κ1) is 14.1. The Labute approximate surface area is 122 Å². The van der Waals surface area contributed by atoms with E-state index in [4.69, 9.17) is 0 Å². The second kappa shape index (κ2) is 4.85. The molecule has 0 amide bonds. The van der Waals surface area contributed by atoms with Crippen molar-refractivity contribution in [3.8, 4) is 0 Å². The predicted molar refractivity (Wildman–Crippen MR) is 82.4 cm³/mol. The molecule has 2 fully saturated rings. The number of aliphatic hydroxyl groups excluding tert-OH is 1. The van der Waals surface area contributed by atoms with Crippen molar-refractivity contribution in [3.05, 3.63) is 35.9 Å². The van der Waals surface area contributed by atoms with E-state index in [1.165, 1.54) is 24.8 Å². The van der Waals surface area contributed by atoms with Gasteiger partial charge in [0.15, 0.2) is 0 Å². The van der Waals surface area contributed by atoms with Crippen molar-refractivity contribution in [1.82, 2.24) is 5.32 Å². The van der Waals surface area contributed by atoms with E-state index in [1.54, 1.807) is 0 Å². The average Bonchev–Trinajstić information content (AvgIpc) is 2.91. The summed E-state index contributed by atoms with van der Waals surface area (Å²) in [6.45, 7) is 7.40. The van der Waals surface area contributed by atoms with Gasteiger partial charge in [-0.05, 0) is 41.6 Å². The van der Waals surface area contributed by atoms with Gasteiger partial charge in [0, 0.05) is 6.04 Å². The van der Waals surface area contributed by atoms with Gasteiger partial charge >= 0.3 is 0 Å². The number of aliphatic hydroxyl groups is 1. The van der Waals surface area contributed by atoms with Crippen LogP contribution < -0.4 is 5.32 Å². The van der Waals surface area contributed by atoms with E-state index < -0.39 is 0 Å². The summed E-state index contributed by atoms with van der Waals surface area (Å²) in [5.74, 6) is 0.833. The smallest absolute Gasteiger partial charge is 0.0626 e. The molecule has 0 heterocycles. The molecule has 1 aromatic carbocycles. The molecule has 0 aromatic heterocycles. The van der Waals surface area contributed by atoms with Crippen molar-refractivity contribution >= 4 is 0 Å². The second-order valence-corrected chi connectivity index (χ2v) is 7.66. The summed E-state index contributed by atoms with van der Waals surface area (Å²) >= 11 is 0. The molecule has 2 aliphatic rings. The number of rotatable bonds is 4. The topological polar surface area (TPSA) is 32.3 Å². The van der Waals surface area contributed by atoms with Crippen LogP contribution in [0.3, 0.4) is 0 Å². The van der Waals surface area contributed by atoms with Gasteiger partial charge in [-0.3, -0.25) is 0 Å². The van der Waals surface area contributed by atoms with Crippen LogP contribution in [0.1, 0.15) is 51.6 Å². The summed E-state index contributed by atoms with van der Waals surface area (Å²) < 4.78 is 0. The Morgan fingerprint density at radius 2 is 1.95 bits per heavy atom. The first-order valence-corrected chi connectivity index (χ1v) is 7.89. The SMILES string of the molecule is CC12CCC(C1)C(C)(C)C2N[C@H](CO)c1ccccc1. The minimum atomic E-state index is 0.0525. The lowest BCUT2D eigenvalue weighted by molar-refractivity contribution is 0.0867. The summed E-state index contributed by atoms with van der Waals surface area (Å²) in [7, 11) is 0. The molecule has 3 unspecified atom stereocenters. The van der Waals surface area contributed by atoms with E-state index in [-0.39, 0.29) is 12.6 Å². The third-order valence-corrected chi connectivity index (χ3v) is 6.02. The molecule has 2 bridgehead atoms. The molecule has 3 rings (SSSR count). The molecule has 20 heavy (non-hydrogen) atoms. The Bertz CT molecular complexity index is 465. The van der Waals surface area contributed by atoms with Gasteiger partial charge in [-0.25, -0.2) is 0 Å². The summed E-state index contributed by atoms with van der Waals surface area (Å²) in [5.41, 5.74) is 1.92. The van der Waals surface area contributed by atoms with Gasteiger partial charge < -0.3 is 10.4 Å². The zero-order chi connectivity index (χ0) is 14.4. The average molecular weight is 273 g/mol. The highest BCUT2D eigenvalue weighted by Crippen LogP contribution is 2.62. The van der Waals surface area contributed by atoms with Crippen LogP contribution in [0.15, 0.2) is 30.3 Å². The highest BCUT2D eigenvalue weighted by molar-refractivity contribution is 5.21. The van der Waals surface area contributed by atoms with Crippen LogP contribution in [0.25, 0.3) is 0 Å². The van der Waals surface area contributed by atoms with Gasteiger partial charge in [-0.2, -0.15) is 0 Å². The monoisotopic (exact) mass is 273 g/mol. The van der Waals surface area contributed by atoms with Crippen molar-refractivity contribution in [1.29, 1.82) is 0 Å². The number of nitrogens with one attached hydrogen (secondary N) is 1. The van der Waals surface area contributed by atoms with Crippen LogP contribution in [0.2, 0.25) is 0 Å². The number of hydrogen-bond donors (Lipinski definition) is 2. The van der Waals surface area contributed by atoms with Crippen molar-refractivity contribution in [2.24, 2.45) is 16.7 Å². The fourth-order valence-corrected chi connectivity index (χ4v) is 4.86. The lowest BCUT2D eigenvalue weighted by Gasteiger charge is -2.45. The van der Waals surface area contributed by atoms with Crippen LogP contribution in [0.4, 0.5) is 0 Å². The third-order valence-electron chi connectivity index (χ3n) is 6.02. The highest BCUT2D eigenvalue weighted by atomic mass is 16.3. The molecule has 2 nitrogen and oxygen atoms in total. The Balaban J connectivity index is 1.83. The Hall–Kier alpha value is -0.860. The lowest BCUT2D eigenvalue weighted by Crippen LogP contribution is -2.52. The van der Waals surface area contributed by atoms with Crippen LogP contribution in [-0.2, 0) is 0 Å². The number of fused-ring (bicyclic) bond motifs is 2. The van der Waals surface area contributed by atoms with E-state index >= 15 is 0 Å². The second-order valence-electron chi connectivity index (χ2n) is 7.66. The first-order valence-electron chi connectivity index (χ1n) is 7.89. The van der Waals surface area contributed by atoms with Crippen LogP contribution in [0, 0.1) is 16.7 Å². The van der Waals surface area contributed by atoms with Crippen LogP contribution >= 0.6 is 0 Å². The zero-order valence-electron chi connectivity index (χ0n) is 12.9. The van der Waals surface area contributed by atoms with Crippen LogP contribution in [-0.4, -0.2) is 17.8 Å². The van der Waals surface area contributed by atoms with E-state index in [9.17, 15) is 5.11 Å². The molecule has 1 aromatic rings. The fraction of sp³-hybridized carbons (Fsp3) is 0.667. The lowest BCUT2D eigenvalue weighted by atomic mass is 9.68. The molecular weight excluding hydrogens is 246 g/mol. The number of hydrogen-bond acceptors (Lipinski definition) is 2. The Morgan fingerprint density at radius 1 is 1.25 bits per heavy atom. The zero-order valence-corrected chi connectivity index (χ0v) is 12.9. The molecule has 0 aliphatic heterocycles. The molecular formula is C18H27NO. The maximum Gasteiger partial charge on any atom is 0.0626 e. The fourth-order valence-electron chi connectivity index (χ4n) is 4.86. The molecule has 2 aliphatic carbocycles. The van der Waals surface area contributed by atoms with E-state index in [0.717, 1.165) is 5.92 Å². The maximum atomic E-state index is 9.80. The molecule has 0 spiro atoms. The minimum Gasteiger partial charge on any atom is -0.394 e. The normalized spacial score (nSPS) is 36.2. The summed E-state index contributed by atoms with van der Waals surface area (Å²) in [5, 5.41) is 13.6. The molecule has 0 radical (unpaired) electrons. The predicted octanol–water partition coefficient (Wildman–Crippen LogP) is 3.52. The van der Waals surface area contributed by atoms with Gasteiger partial charge in [0.1, 0.15) is 0 Å². The molecule has 4 atom stereocenters. The number of benzene rings is 1. The molecule has 0 saturated heterocycles. The van der Waals surface area contributed by atoms with E-state index in [1.807, 2.05) is 18.2 Å². The quantitative estimate of drug-likeness (QED) is 0.879. The van der Waals surface area contributed by atoms with Crippen molar-refractivity contribution in [2.45, 2.75) is 52.1 Å². The third kappa shape index (κ3) is 2.10. The van der Waals surface area contributed by atoms with E-state index in [2.05, 4.69) is 38.2 Å². The molecule has 2 saturated carbocycles. The van der Waals surface area contributed by atoms with Gasteiger partial charge in [-0.1, -0.05) is 51.1 Å². The van der Waals surface area contributed by atoms with Crippen LogP contribution in [0.5, 0.6) is 0 Å². The summed E-state index contributed by atoms with van der Waals surface area (Å²) in [6, 6.07) is 10.9. The first-order chi connectivity index (χ1) is 9.47. The van der Waals surface area contributed by atoms with Crippen molar-refractivity contribution in [2.75, 3.05) is 6.61 Å². The maximum absolute atomic E-state index is 9.80. The summed E-state index contributed by atoms with van der Waals surface area (Å²) in [4.78, 5) is 0. The van der Waals surface area contributed by atoms with Gasteiger partial charge in [-0.15, -0.1) is 0 Å². The van der Waals surface area contributed by atoms with Crippen molar-refractivity contribution < 1.29 is 5.11 Å². The van der Waals surface area contributed by atoms with Crippen molar-refractivity contribution in [3.63, 3.8) is 0 Å². The molecule has 110 valence electrons. The summed E-state index contributed by atoms with van der Waals surface area (Å²) in [6.07, 6.45) is 4.03. The highest BCUT2D eigenvalue weighted by Gasteiger charge is 2.59. The standard InChI is InChI=1S/C18H27NO/c1-17(2)14-9-10-18(3,11-14)16(17)19-15(12-20)13-7-5-4-6-8-13/h4-8,14-16,19-20H,9-12H2,1-3H3/t14?,15-,16?,18?/m1/s1. The largest absolute Gasteiger partial charge is 0.394 e. The minimum absolute atomic E-state index is 0.0525. The van der Waals surface area contributed by atoms with Gasteiger partial charge in [0.25, 0.3) is 0 Å². The molecule has 2 N–H and O–H groups in total. The Morgan fingerprint density at radius 3 is 2.50 bits per heavy atom. The van der Waals surface area contributed by atoms with Gasteiger partial charge in [0.05, 0.1) is 12.6 Å². The van der Waals surface area contributed by atoms with Gasteiger partial charge in [0.2, 0.25) is 0 Å².